The number of para-hydroxylation sites is 1. The smallest absolute Gasteiger partial charge is 0.295 e. The minimum absolute atomic E-state index is 0.00786. The molecule has 0 saturated heterocycles. The van der Waals surface area contributed by atoms with Crippen molar-refractivity contribution in [2.75, 3.05) is 25.2 Å². The molecule has 3 aromatic carbocycles. The highest BCUT2D eigenvalue weighted by Crippen LogP contribution is 2.44. The van der Waals surface area contributed by atoms with E-state index < -0.39 is 11.9 Å². The van der Waals surface area contributed by atoms with Crippen LogP contribution in [0.15, 0.2) is 69.9 Å². The minimum Gasteiger partial charge on any atom is -0.495 e. The van der Waals surface area contributed by atoms with Crippen LogP contribution in [0, 0.1) is 0 Å². The first kappa shape index (κ1) is 26.6. The summed E-state index contributed by atoms with van der Waals surface area (Å²) in [6.45, 7) is 5.04. The molecule has 1 aliphatic rings. The van der Waals surface area contributed by atoms with Gasteiger partial charge in [-0.3, -0.25) is 14.5 Å². The zero-order valence-electron chi connectivity index (χ0n) is 22.2. The molecule has 1 aliphatic heterocycles. The second-order valence-corrected chi connectivity index (χ2v) is 9.67. The lowest BCUT2D eigenvalue weighted by Gasteiger charge is -2.26. The van der Waals surface area contributed by atoms with E-state index in [-0.39, 0.29) is 16.8 Å². The maximum absolute atomic E-state index is 13.9. The van der Waals surface area contributed by atoms with Crippen molar-refractivity contribution >= 4 is 34.2 Å². The van der Waals surface area contributed by atoms with Gasteiger partial charge in [-0.2, -0.15) is 0 Å². The van der Waals surface area contributed by atoms with E-state index in [1.807, 2.05) is 25.1 Å². The SMILES string of the molecule is CCCCCOc1ccc(C2c3c(oc4ccccc4c3=O)C(=O)N2c2ccc(OC)c(Cl)c2)cc1OCC. The number of benzene rings is 3. The van der Waals surface area contributed by atoms with Gasteiger partial charge in [-0.15, -0.1) is 0 Å². The fourth-order valence-electron chi connectivity index (χ4n) is 4.92. The Morgan fingerprint density at radius 1 is 0.923 bits per heavy atom. The summed E-state index contributed by atoms with van der Waals surface area (Å²) in [6, 6.07) is 16.8. The van der Waals surface area contributed by atoms with E-state index in [0.29, 0.717) is 57.7 Å². The molecule has 0 N–H and O–H groups in total. The maximum Gasteiger partial charge on any atom is 0.295 e. The highest BCUT2D eigenvalue weighted by Gasteiger charge is 2.44. The molecule has 0 spiro atoms. The van der Waals surface area contributed by atoms with Gasteiger partial charge in [0.15, 0.2) is 16.9 Å². The van der Waals surface area contributed by atoms with Crippen molar-refractivity contribution in [3.05, 3.63) is 92.8 Å². The van der Waals surface area contributed by atoms with Crippen LogP contribution in [0.2, 0.25) is 5.02 Å². The Kier molecular flexibility index (Phi) is 7.79. The molecule has 8 heteroatoms. The second kappa shape index (κ2) is 11.4. The van der Waals surface area contributed by atoms with Crippen molar-refractivity contribution in [3.8, 4) is 17.2 Å². The molecule has 0 aliphatic carbocycles. The fraction of sp³-hybridized carbons (Fsp3) is 0.290. The van der Waals surface area contributed by atoms with Gasteiger partial charge in [-0.1, -0.05) is 49.6 Å². The Morgan fingerprint density at radius 3 is 2.46 bits per heavy atom. The average molecular weight is 548 g/mol. The van der Waals surface area contributed by atoms with Crippen LogP contribution in [-0.2, 0) is 0 Å². The zero-order chi connectivity index (χ0) is 27.5. The number of carbonyl (C=O) groups is 1. The summed E-state index contributed by atoms with van der Waals surface area (Å²) in [5.74, 6) is 1.21. The van der Waals surface area contributed by atoms with Crippen molar-refractivity contribution in [1.29, 1.82) is 0 Å². The molecular weight excluding hydrogens is 518 g/mol. The Labute approximate surface area is 231 Å². The normalized spacial score (nSPS) is 14.5. The van der Waals surface area contributed by atoms with E-state index in [1.54, 1.807) is 42.5 Å². The van der Waals surface area contributed by atoms with E-state index in [4.69, 9.17) is 30.2 Å². The summed E-state index contributed by atoms with van der Waals surface area (Å²) in [5.41, 5.74) is 1.55. The van der Waals surface area contributed by atoms with Gasteiger partial charge in [0.25, 0.3) is 5.91 Å². The third-order valence-electron chi connectivity index (χ3n) is 6.78. The highest BCUT2D eigenvalue weighted by molar-refractivity contribution is 6.32. The number of methoxy groups -OCH3 is 1. The summed E-state index contributed by atoms with van der Waals surface area (Å²) in [5, 5.41) is 0.748. The standard InChI is InChI=1S/C31H30ClNO6/c1-4-6-9-16-38-25-14-12-19(17-26(25)37-5-2)28-27-29(34)21-10-7-8-11-23(21)39-30(27)31(35)33(28)20-13-15-24(36-3)22(32)18-20/h7-8,10-15,17-18,28H,4-6,9,16H2,1-3H3. The van der Waals surface area contributed by atoms with Crippen molar-refractivity contribution in [3.63, 3.8) is 0 Å². The molecule has 2 heterocycles. The van der Waals surface area contributed by atoms with Crippen molar-refractivity contribution in [2.24, 2.45) is 0 Å². The molecule has 1 aromatic heterocycles. The van der Waals surface area contributed by atoms with Gasteiger partial charge in [0.05, 0.1) is 42.3 Å². The van der Waals surface area contributed by atoms with Crippen LogP contribution in [-0.4, -0.2) is 26.2 Å². The summed E-state index contributed by atoms with van der Waals surface area (Å²) >= 11 is 6.45. The monoisotopic (exact) mass is 547 g/mol. The van der Waals surface area contributed by atoms with Crippen LogP contribution < -0.4 is 24.5 Å². The molecule has 1 atom stereocenters. The first-order chi connectivity index (χ1) is 19.0. The van der Waals surface area contributed by atoms with Gasteiger partial charge in [0.2, 0.25) is 5.76 Å². The number of amides is 1. The molecule has 202 valence electrons. The van der Waals surface area contributed by atoms with E-state index in [9.17, 15) is 9.59 Å². The molecule has 0 saturated carbocycles. The highest BCUT2D eigenvalue weighted by atomic mass is 35.5. The first-order valence-corrected chi connectivity index (χ1v) is 13.5. The molecule has 1 amide bonds. The Balaban J connectivity index is 1.67. The predicted molar refractivity (Wildman–Crippen MR) is 152 cm³/mol. The van der Waals surface area contributed by atoms with Crippen LogP contribution in [0.3, 0.4) is 0 Å². The first-order valence-electron chi connectivity index (χ1n) is 13.1. The number of anilines is 1. The molecule has 7 nitrogen and oxygen atoms in total. The topological polar surface area (TPSA) is 78.2 Å². The van der Waals surface area contributed by atoms with Crippen LogP contribution in [0.25, 0.3) is 11.0 Å². The second-order valence-electron chi connectivity index (χ2n) is 9.26. The number of halogens is 1. The van der Waals surface area contributed by atoms with Crippen LogP contribution in [0.4, 0.5) is 5.69 Å². The third-order valence-corrected chi connectivity index (χ3v) is 7.08. The minimum atomic E-state index is -0.772. The number of fused-ring (bicyclic) bond motifs is 2. The molecule has 0 fully saturated rings. The Hall–Kier alpha value is -3.97. The summed E-state index contributed by atoms with van der Waals surface area (Å²) in [4.78, 5) is 29.3. The van der Waals surface area contributed by atoms with Gasteiger partial charge >= 0.3 is 0 Å². The molecule has 39 heavy (non-hydrogen) atoms. The van der Waals surface area contributed by atoms with Gasteiger partial charge in [0.1, 0.15) is 11.3 Å². The lowest BCUT2D eigenvalue weighted by Crippen LogP contribution is -2.29. The maximum atomic E-state index is 13.9. The van der Waals surface area contributed by atoms with E-state index in [0.717, 1.165) is 19.3 Å². The fourth-order valence-corrected chi connectivity index (χ4v) is 5.17. The number of ether oxygens (including phenoxy) is 3. The predicted octanol–water partition coefficient (Wildman–Crippen LogP) is 7.17. The van der Waals surface area contributed by atoms with Gasteiger partial charge < -0.3 is 18.6 Å². The van der Waals surface area contributed by atoms with E-state index in [2.05, 4.69) is 6.92 Å². The van der Waals surface area contributed by atoms with Gasteiger partial charge in [0, 0.05) is 5.69 Å². The van der Waals surface area contributed by atoms with Crippen molar-refractivity contribution < 1.29 is 23.4 Å². The number of carbonyl (C=O) groups excluding carboxylic acids is 1. The lowest BCUT2D eigenvalue weighted by atomic mass is 9.97. The van der Waals surface area contributed by atoms with E-state index >= 15 is 0 Å². The van der Waals surface area contributed by atoms with Crippen LogP contribution in [0.5, 0.6) is 17.2 Å². The number of rotatable bonds is 10. The van der Waals surface area contributed by atoms with E-state index in [1.165, 1.54) is 12.0 Å². The Bertz CT molecular complexity index is 1580. The number of nitrogens with zero attached hydrogens (tertiary/aromatic N) is 1. The quantitative estimate of drug-likeness (QED) is 0.196. The molecule has 0 bridgehead atoms. The molecular formula is C31H30ClNO6. The number of unbranched alkanes of at least 4 members (excludes halogenated alkanes) is 2. The molecule has 5 rings (SSSR count). The Morgan fingerprint density at radius 2 is 1.72 bits per heavy atom. The molecule has 4 aromatic rings. The summed E-state index contributed by atoms with van der Waals surface area (Å²) in [7, 11) is 1.52. The molecule has 0 radical (unpaired) electrons. The largest absolute Gasteiger partial charge is 0.495 e. The van der Waals surface area contributed by atoms with Crippen LogP contribution >= 0.6 is 11.6 Å². The van der Waals surface area contributed by atoms with Gasteiger partial charge in [-0.25, -0.2) is 0 Å². The third kappa shape index (κ3) is 4.94. The lowest BCUT2D eigenvalue weighted by molar-refractivity contribution is 0.0971. The van der Waals surface area contributed by atoms with Crippen molar-refractivity contribution in [2.45, 2.75) is 39.2 Å². The number of hydrogen-bond acceptors (Lipinski definition) is 6. The number of hydrogen-bond donors (Lipinski definition) is 0. The summed E-state index contributed by atoms with van der Waals surface area (Å²) in [6.07, 6.45) is 3.11. The average Bonchev–Trinajstić information content (AvgIpc) is 3.24. The van der Waals surface area contributed by atoms with Crippen LogP contribution in [0.1, 0.15) is 60.8 Å². The molecule has 1 unspecified atom stereocenters. The van der Waals surface area contributed by atoms with Gasteiger partial charge in [-0.05, 0) is 61.4 Å². The zero-order valence-corrected chi connectivity index (χ0v) is 22.9. The summed E-state index contributed by atoms with van der Waals surface area (Å²) < 4.78 is 23.3. The van der Waals surface area contributed by atoms with Crippen molar-refractivity contribution in [1.82, 2.24) is 0 Å².